The van der Waals surface area contributed by atoms with Crippen molar-refractivity contribution in [3.05, 3.63) is 126 Å². The van der Waals surface area contributed by atoms with Crippen LogP contribution in [0.25, 0.3) is 10.8 Å². The van der Waals surface area contributed by atoms with Gasteiger partial charge in [0.15, 0.2) is 0 Å². The monoisotopic (exact) mass is 874 g/mol. The number of ether oxygens (including phenoxy) is 4. The van der Waals surface area contributed by atoms with Gasteiger partial charge in [-0.2, -0.15) is 0 Å². The van der Waals surface area contributed by atoms with E-state index in [4.69, 9.17) is 28.9 Å². The van der Waals surface area contributed by atoms with Gasteiger partial charge >= 0.3 is 0 Å². The van der Waals surface area contributed by atoms with Crippen LogP contribution in [0.4, 0.5) is 0 Å². The minimum Gasteiger partial charge on any atom is -0.493 e. The molecule has 2 heterocycles. The predicted molar refractivity (Wildman–Crippen MR) is 248 cm³/mol. The Hall–Kier alpha value is -4.65. The Bertz CT molecular complexity index is 2230. The van der Waals surface area contributed by atoms with Crippen LogP contribution in [-0.2, 0) is 14.3 Å². The van der Waals surface area contributed by atoms with Crippen LogP contribution in [0.5, 0.6) is 11.5 Å². The third-order valence-corrected chi connectivity index (χ3v) is 14.2. The Morgan fingerprint density at radius 3 is 2.52 bits per heavy atom. The second kappa shape index (κ2) is 21.4. The summed E-state index contributed by atoms with van der Waals surface area (Å²) in [5.74, 6) is 0.388. The smallest absolute Gasteiger partial charge is 0.254 e. The zero-order valence-corrected chi connectivity index (χ0v) is 37.3. The van der Waals surface area contributed by atoms with Crippen LogP contribution in [0.3, 0.4) is 0 Å². The van der Waals surface area contributed by atoms with E-state index in [0.29, 0.717) is 43.8 Å². The van der Waals surface area contributed by atoms with Crippen molar-refractivity contribution in [2.45, 2.75) is 93.1 Å². The molecule has 2 aliphatic carbocycles. The highest BCUT2D eigenvalue weighted by atomic mass is 32.2. The molecule has 7 unspecified atom stereocenters. The Kier molecular flexibility index (Phi) is 15.2. The zero-order valence-electron chi connectivity index (χ0n) is 36.4. The van der Waals surface area contributed by atoms with Crippen molar-refractivity contribution in [2.24, 2.45) is 22.9 Å². The van der Waals surface area contributed by atoms with Crippen LogP contribution in [0, 0.1) is 17.8 Å². The Labute approximate surface area is 376 Å². The molecule has 4 aromatic rings. The summed E-state index contributed by atoms with van der Waals surface area (Å²) >= 11 is 1.76. The van der Waals surface area contributed by atoms with Gasteiger partial charge in [-0.3, -0.25) is 4.79 Å². The van der Waals surface area contributed by atoms with E-state index in [2.05, 4.69) is 30.9 Å². The Morgan fingerprint density at radius 1 is 0.952 bits per heavy atom. The number of likely N-dealkylation sites (N-methyl/N-ethyl adjacent to an activating group) is 1. The number of nitrogens with zero attached hydrogens (tertiary/aromatic N) is 2. The van der Waals surface area contributed by atoms with E-state index in [1.807, 2.05) is 79.8 Å². The lowest BCUT2D eigenvalue weighted by atomic mass is 9.55. The van der Waals surface area contributed by atoms with Crippen molar-refractivity contribution in [2.75, 3.05) is 45.8 Å². The van der Waals surface area contributed by atoms with E-state index in [0.717, 1.165) is 84.1 Å². The number of allylic oxidation sites excluding steroid dienone is 1. The lowest BCUT2D eigenvalue weighted by molar-refractivity contribution is -0.252. The molecule has 0 bridgehead atoms. The lowest BCUT2D eigenvalue weighted by Gasteiger charge is -2.59. The average molecular weight is 875 g/mol. The maximum atomic E-state index is 14.9. The highest BCUT2D eigenvalue weighted by molar-refractivity contribution is 7.99. The summed E-state index contributed by atoms with van der Waals surface area (Å²) in [7, 11) is 1.84. The normalized spacial score (nSPS) is 25.6. The molecule has 8 rings (SSSR count). The molecule has 334 valence electrons. The van der Waals surface area contributed by atoms with Crippen LogP contribution in [0.15, 0.2) is 125 Å². The van der Waals surface area contributed by atoms with E-state index in [-0.39, 0.29) is 43.5 Å². The number of hydrogen-bond acceptors (Lipinski definition) is 10. The number of carbonyl (C=O) groups is 1. The number of oxime groups is 1. The first-order chi connectivity index (χ1) is 30.9. The standard InChI is InChI=1S/C52H62N2O8S/c1-3-28-60-52-47(54(2)51(57)39-23-22-36-15-7-8-16-37(36)32-39)35-45(53-62-48-21-11-14-29-59-48)43-33-38(17-9-12-26-55)42(20-10-13-27-56)49(50(43)52)44-34-40(24-25-46(44)61-52)58-30-31-63-41-18-5-4-6-19-41/h3-8,15-16,18-19,22-25,32-34,38,42,47-50,55-56H,1,9-14,17,20-21,26-31,35H2,2H3. The lowest BCUT2D eigenvalue weighted by Crippen LogP contribution is -2.69. The Morgan fingerprint density at radius 2 is 1.75 bits per heavy atom. The highest BCUT2D eigenvalue weighted by Crippen LogP contribution is 2.62. The number of rotatable bonds is 20. The molecule has 2 fully saturated rings. The molecule has 63 heavy (non-hydrogen) atoms. The quantitative estimate of drug-likeness (QED) is 0.0387. The van der Waals surface area contributed by atoms with E-state index >= 15 is 0 Å². The third-order valence-electron chi connectivity index (χ3n) is 13.2. The van der Waals surface area contributed by atoms with E-state index in [9.17, 15) is 15.0 Å². The predicted octanol–water partition coefficient (Wildman–Crippen LogP) is 9.94. The fourth-order valence-corrected chi connectivity index (χ4v) is 11.0. The topological polar surface area (TPSA) is 119 Å². The number of benzene rings is 4. The van der Waals surface area contributed by atoms with Gasteiger partial charge in [0.05, 0.1) is 31.5 Å². The molecule has 0 spiro atoms. The van der Waals surface area contributed by atoms with Gasteiger partial charge in [-0.15, -0.1) is 18.3 Å². The van der Waals surface area contributed by atoms with Gasteiger partial charge in [0.2, 0.25) is 12.1 Å². The van der Waals surface area contributed by atoms with Crippen molar-refractivity contribution < 1.29 is 38.8 Å². The van der Waals surface area contributed by atoms with Gasteiger partial charge in [0.25, 0.3) is 5.91 Å². The van der Waals surface area contributed by atoms with E-state index in [1.165, 1.54) is 4.90 Å². The zero-order chi connectivity index (χ0) is 43.6. The summed E-state index contributed by atoms with van der Waals surface area (Å²) in [4.78, 5) is 24.2. The number of aliphatic hydroxyl groups excluding tert-OH is 2. The number of aliphatic hydroxyl groups is 2. The number of unbranched alkanes of at least 4 members (excludes halogenated alkanes) is 2. The number of thioether (sulfide) groups is 1. The fraction of sp³-hybridized carbons (Fsp3) is 0.462. The maximum Gasteiger partial charge on any atom is 0.254 e. The fourth-order valence-electron chi connectivity index (χ4n) is 10.2. The molecule has 11 heteroatoms. The first kappa shape index (κ1) is 44.9. The third kappa shape index (κ3) is 10.0. The van der Waals surface area contributed by atoms with Gasteiger partial charge in [-0.1, -0.05) is 78.7 Å². The molecular weight excluding hydrogens is 813 g/mol. The van der Waals surface area contributed by atoms with Crippen LogP contribution >= 0.6 is 11.8 Å². The molecule has 1 saturated heterocycles. The van der Waals surface area contributed by atoms with Crippen molar-refractivity contribution in [3.8, 4) is 11.5 Å². The molecule has 4 aliphatic rings. The number of amides is 1. The molecule has 0 aromatic heterocycles. The van der Waals surface area contributed by atoms with Gasteiger partial charge in [-0.05, 0) is 109 Å². The van der Waals surface area contributed by atoms with Crippen molar-refractivity contribution in [1.82, 2.24) is 4.90 Å². The van der Waals surface area contributed by atoms with E-state index < -0.39 is 24.0 Å². The first-order valence-corrected chi connectivity index (χ1v) is 23.8. The minimum atomic E-state index is -1.35. The minimum absolute atomic E-state index is 0.103. The number of fused-ring (bicyclic) bond motifs is 3. The van der Waals surface area contributed by atoms with Crippen molar-refractivity contribution in [3.63, 3.8) is 0 Å². The van der Waals surface area contributed by atoms with E-state index in [1.54, 1.807) is 22.7 Å². The van der Waals surface area contributed by atoms with Crippen LogP contribution in [0.1, 0.15) is 86.0 Å². The average Bonchev–Trinajstić information content (AvgIpc) is 3.32. The molecule has 7 atom stereocenters. The molecule has 2 N–H and O–H groups in total. The molecule has 1 saturated carbocycles. The second-order valence-corrected chi connectivity index (χ2v) is 18.3. The van der Waals surface area contributed by atoms with Gasteiger partial charge < -0.3 is 38.9 Å². The summed E-state index contributed by atoms with van der Waals surface area (Å²) in [6.07, 6.45) is 11.5. The Balaban J connectivity index is 1.25. The highest BCUT2D eigenvalue weighted by Gasteiger charge is 2.65. The summed E-state index contributed by atoms with van der Waals surface area (Å²) in [5, 5.41) is 26.9. The van der Waals surface area contributed by atoms with Gasteiger partial charge in [0, 0.05) is 60.8 Å². The number of carbonyl (C=O) groups excluding carboxylic acids is 1. The molecule has 10 nitrogen and oxygen atoms in total. The summed E-state index contributed by atoms with van der Waals surface area (Å²) in [5.41, 5.74) is 3.33. The SMILES string of the molecule is C=CCOC12Oc3ccc(OCCSc4ccccc4)cc3C3C(CCCCO)C(CCCCO)C=C(C(=NOC4CCCCO4)CC1N(C)C(=O)c1ccc4ccccc4c1)C32. The number of hydrogen-bond donors (Lipinski definition) is 2. The second-order valence-electron chi connectivity index (χ2n) is 17.2. The molecular formula is C52H62N2O8S. The summed E-state index contributed by atoms with van der Waals surface area (Å²) in [6, 6.07) is 29.7. The molecule has 0 radical (unpaired) electrons. The molecule has 2 aliphatic heterocycles. The largest absolute Gasteiger partial charge is 0.493 e. The van der Waals surface area contributed by atoms with Crippen molar-refractivity contribution >= 4 is 34.2 Å². The van der Waals surface area contributed by atoms with Gasteiger partial charge in [-0.25, -0.2) is 0 Å². The molecule has 1 amide bonds. The maximum absolute atomic E-state index is 14.9. The van der Waals surface area contributed by atoms with Gasteiger partial charge in [0.1, 0.15) is 17.5 Å². The first-order valence-electron chi connectivity index (χ1n) is 22.9. The summed E-state index contributed by atoms with van der Waals surface area (Å²) < 4.78 is 27.0. The van der Waals surface area contributed by atoms with Crippen LogP contribution in [-0.4, -0.2) is 90.7 Å². The molecule has 4 aromatic carbocycles. The summed E-state index contributed by atoms with van der Waals surface area (Å²) in [6.45, 7) is 5.64. The van der Waals surface area contributed by atoms with Crippen LogP contribution in [0.2, 0.25) is 0 Å². The van der Waals surface area contributed by atoms with Crippen molar-refractivity contribution in [1.29, 1.82) is 0 Å². The van der Waals surface area contributed by atoms with Crippen LogP contribution < -0.4 is 9.47 Å².